The van der Waals surface area contributed by atoms with Crippen molar-refractivity contribution in [2.24, 2.45) is 5.92 Å². The van der Waals surface area contributed by atoms with Crippen molar-refractivity contribution in [3.8, 4) is 11.4 Å². The van der Waals surface area contributed by atoms with Crippen LogP contribution in [0.15, 0.2) is 29.4 Å². The summed E-state index contributed by atoms with van der Waals surface area (Å²) >= 11 is 1.21. The van der Waals surface area contributed by atoms with Crippen LogP contribution in [0.5, 0.6) is 0 Å². The number of nitrogens with one attached hydrogen (secondary N) is 2. The number of nitrogens with zero attached hydrogens (tertiary/aromatic N) is 3. The van der Waals surface area contributed by atoms with Gasteiger partial charge in [-0.2, -0.15) is 0 Å². The third-order valence-corrected chi connectivity index (χ3v) is 6.65. The van der Waals surface area contributed by atoms with Gasteiger partial charge < -0.3 is 5.32 Å². The maximum absolute atomic E-state index is 14.2. The highest BCUT2D eigenvalue weighted by atomic mass is 32.2. The van der Waals surface area contributed by atoms with Gasteiger partial charge in [-0.1, -0.05) is 43.7 Å². The number of carbonyl (C=O) groups is 2. The lowest BCUT2D eigenvalue weighted by Gasteiger charge is -2.29. The topological polar surface area (TPSA) is 88.9 Å². The Morgan fingerprint density at radius 1 is 1.17 bits per heavy atom. The van der Waals surface area contributed by atoms with Crippen molar-refractivity contribution >= 4 is 23.7 Å². The lowest BCUT2D eigenvalue weighted by Crippen LogP contribution is -2.48. The third-order valence-electron chi connectivity index (χ3n) is 5.70. The van der Waals surface area contributed by atoms with Crippen LogP contribution in [0, 0.1) is 11.7 Å². The molecule has 2 aliphatic carbocycles. The van der Waals surface area contributed by atoms with Gasteiger partial charge in [0.25, 0.3) is 0 Å². The average Bonchev–Trinajstić information content (AvgIpc) is 3.48. The monoisotopic (exact) mass is 431 g/mol. The van der Waals surface area contributed by atoms with Crippen molar-refractivity contribution in [2.75, 3.05) is 5.75 Å². The van der Waals surface area contributed by atoms with E-state index in [0.717, 1.165) is 32.1 Å². The number of aromatic nitrogens is 3. The maximum Gasteiger partial charge on any atom is 0.321 e. The van der Waals surface area contributed by atoms with E-state index in [9.17, 15) is 14.0 Å². The molecule has 2 atom stereocenters. The predicted molar refractivity (Wildman–Crippen MR) is 113 cm³/mol. The molecule has 3 amide bonds. The molecule has 7 nitrogen and oxygen atoms in total. The van der Waals surface area contributed by atoms with Crippen LogP contribution in [0.2, 0.25) is 0 Å². The van der Waals surface area contributed by atoms with Gasteiger partial charge in [-0.15, -0.1) is 10.2 Å². The van der Waals surface area contributed by atoms with E-state index >= 15 is 0 Å². The second-order valence-corrected chi connectivity index (χ2v) is 9.01. The molecule has 2 saturated carbocycles. The van der Waals surface area contributed by atoms with Gasteiger partial charge >= 0.3 is 6.03 Å². The lowest BCUT2D eigenvalue weighted by molar-refractivity contribution is -0.117. The Balaban J connectivity index is 1.36. The van der Waals surface area contributed by atoms with Crippen LogP contribution >= 0.6 is 11.8 Å². The van der Waals surface area contributed by atoms with Crippen LogP contribution in [0.4, 0.5) is 9.18 Å². The molecule has 2 unspecified atom stereocenters. The summed E-state index contributed by atoms with van der Waals surface area (Å²) in [6.07, 6.45) is 6.27. The number of imide groups is 1. The number of halogens is 1. The minimum Gasteiger partial charge on any atom is -0.335 e. The molecule has 160 valence electrons. The fourth-order valence-electron chi connectivity index (χ4n) is 3.89. The Bertz CT molecular complexity index is 930. The molecule has 0 aliphatic heterocycles. The van der Waals surface area contributed by atoms with Crippen molar-refractivity contribution in [1.29, 1.82) is 0 Å². The van der Waals surface area contributed by atoms with E-state index in [2.05, 4.69) is 27.8 Å². The first-order valence-corrected chi connectivity index (χ1v) is 11.4. The number of hydrogen-bond donors (Lipinski definition) is 2. The first-order valence-electron chi connectivity index (χ1n) is 10.5. The smallest absolute Gasteiger partial charge is 0.321 e. The summed E-state index contributed by atoms with van der Waals surface area (Å²) in [5, 5.41) is 14.2. The van der Waals surface area contributed by atoms with Crippen LogP contribution < -0.4 is 10.6 Å². The average molecular weight is 432 g/mol. The first-order chi connectivity index (χ1) is 14.5. The SMILES string of the molecule is CC1CCCCC1NC(=O)NC(=O)CSc1nnc(-c2ccccc2F)n1C1CC1. The van der Waals surface area contributed by atoms with Crippen molar-refractivity contribution in [3.05, 3.63) is 30.1 Å². The minimum atomic E-state index is -0.449. The van der Waals surface area contributed by atoms with Crippen LogP contribution in [0.3, 0.4) is 0 Å². The molecule has 2 fully saturated rings. The molecule has 4 rings (SSSR count). The molecule has 0 radical (unpaired) electrons. The summed E-state index contributed by atoms with van der Waals surface area (Å²) in [4.78, 5) is 24.4. The van der Waals surface area contributed by atoms with Gasteiger partial charge in [0.1, 0.15) is 5.82 Å². The predicted octanol–water partition coefficient (Wildman–Crippen LogP) is 3.92. The molecule has 2 aromatic rings. The zero-order chi connectivity index (χ0) is 21.1. The Morgan fingerprint density at radius 3 is 2.67 bits per heavy atom. The van der Waals surface area contributed by atoms with Crippen molar-refractivity contribution < 1.29 is 14.0 Å². The minimum absolute atomic E-state index is 0.0375. The molecule has 0 spiro atoms. The van der Waals surface area contributed by atoms with Gasteiger partial charge in [0.15, 0.2) is 11.0 Å². The lowest BCUT2D eigenvalue weighted by atomic mass is 9.86. The Morgan fingerprint density at radius 2 is 1.93 bits per heavy atom. The van der Waals surface area contributed by atoms with Crippen molar-refractivity contribution in [3.63, 3.8) is 0 Å². The van der Waals surface area contributed by atoms with Crippen LogP contribution in [0.25, 0.3) is 11.4 Å². The number of thioether (sulfide) groups is 1. The molecular weight excluding hydrogens is 405 g/mol. The number of carbonyl (C=O) groups excluding carboxylic acids is 2. The van der Waals surface area contributed by atoms with E-state index in [1.165, 1.54) is 24.2 Å². The molecule has 0 saturated heterocycles. The van der Waals surface area contributed by atoms with E-state index in [4.69, 9.17) is 0 Å². The zero-order valence-corrected chi connectivity index (χ0v) is 17.8. The van der Waals surface area contributed by atoms with Crippen molar-refractivity contribution in [2.45, 2.75) is 62.7 Å². The molecular formula is C21H26FN5O2S. The second-order valence-electron chi connectivity index (χ2n) is 8.07. The number of urea groups is 1. The molecule has 1 aromatic heterocycles. The highest BCUT2D eigenvalue weighted by molar-refractivity contribution is 7.99. The molecule has 2 aliphatic rings. The fraction of sp³-hybridized carbons (Fsp3) is 0.524. The van der Waals surface area contributed by atoms with Gasteiger partial charge in [-0.25, -0.2) is 9.18 Å². The highest BCUT2D eigenvalue weighted by Crippen LogP contribution is 2.41. The maximum atomic E-state index is 14.2. The summed E-state index contributed by atoms with van der Waals surface area (Å²) in [5.74, 6) is 0.189. The molecule has 2 N–H and O–H groups in total. The molecule has 1 aromatic carbocycles. The largest absolute Gasteiger partial charge is 0.335 e. The van der Waals surface area contributed by atoms with E-state index in [-0.39, 0.29) is 23.7 Å². The molecule has 1 heterocycles. The highest BCUT2D eigenvalue weighted by Gasteiger charge is 2.31. The standard InChI is InChI=1S/C21H26FN5O2S/c1-13-6-2-5-9-17(13)23-20(29)24-18(28)12-30-21-26-25-19(27(21)14-10-11-14)15-7-3-4-8-16(15)22/h3-4,7-8,13-14,17H,2,5-6,9-12H2,1H3,(H2,23,24,28,29). The van der Waals surface area contributed by atoms with Gasteiger partial charge in [0.2, 0.25) is 5.91 Å². The molecule has 30 heavy (non-hydrogen) atoms. The quantitative estimate of drug-likeness (QED) is 0.677. The van der Waals surface area contributed by atoms with Gasteiger partial charge in [-0.05, 0) is 43.7 Å². The number of rotatable bonds is 6. The Labute approximate surface area is 179 Å². The summed E-state index contributed by atoms with van der Waals surface area (Å²) in [6.45, 7) is 2.12. The van der Waals surface area contributed by atoms with E-state index in [1.807, 2.05) is 4.57 Å². The van der Waals surface area contributed by atoms with Gasteiger partial charge in [0.05, 0.1) is 11.3 Å². The molecule has 9 heteroatoms. The van der Waals surface area contributed by atoms with Crippen LogP contribution in [-0.2, 0) is 4.79 Å². The summed E-state index contributed by atoms with van der Waals surface area (Å²) < 4.78 is 16.1. The molecule has 0 bridgehead atoms. The number of amides is 3. The first kappa shape index (κ1) is 20.8. The normalized spacial score (nSPS) is 21.3. The summed E-state index contributed by atoms with van der Waals surface area (Å²) in [7, 11) is 0. The Kier molecular flexibility index (Phi) is 6.36. The number of hydrogen-bond acceptors (Lipinski definition) is 5. The van der Waals surface area contributed by atoms with Crippen LogP contribution in [-0.4, -0.2) is 38.5 Å². The van der Waals surface area contributed by atoms with Gasteiger partial charge in [0, 0.05) is 12.1 Å². The van der Waals surface area contributed by atoms with Crippen LogP contribution in [0.1, 0.15) is 51.5 Å². The second kappa shape index (κ2) is 9.16. The Hall–Kier alpha value is -2.42. The fourth-order valence-corrected chi connectivity index (χ4v) is 4.70. The number of benzene rings is 1. The summed E-state index contributed by atoms with van der Waals surface area (Å²) in [5.41, 5.74) is 0.397. The third kappa shape index (κ3) is 4.83. The van der Waals surface area contributed by atoms with Crippen molar-refractivity contribution in [1.82, 2.24) is 25.4 Å². The summed E-state index contributed by atoms with van der Waals surface area (Å²) in [6, 6.07) is 6.35. The van der Waals surface area contributed by atoms with E-state index in [0.29, 0.717) is 22.5 Å². The zero-order valence-electron chi connectivity index (χ0n) is 16.9. The van der Waals surface area contributed by atoms with E-state index in [1.54, 1.807) is 18.2 Å². The van der Waals surface area contributed by atoms with Gasteiger partial charge in [-0.3, -0.25) is 14.7 Å². The van der Waals surface area contributed by atoms with E-state index < -0.39 is 11.9 Å².